The summed E-state index contributed by atoms with van der Waals surface area (Å²) < 4.78 is 21.6. The Bertz CT molecular complexity index is 727. The zero-order valence-electron chi connectivity index (χ0n) is 14.9. The molecule has 0 aliphatic carbocycles. The van der Waals surface area contributed by atoms with Crippen molar-refractivity contribution in [2.75, 3.05) is 21.3 Å². The van der Waals surface area contributed by atoms with Crippen LogP contribution >= 0.6 is 0 Å². The van der Waals surface area contributed by atoms with Crippen molar-refractivity contribution in [2.24, 2.45) is 0 Å². The molecule has 0 aromatic heterocycles. The number of rotatable bonds is 7. The second-order valence-electron chi connectivity index (χ2n) is 5.39. The number of hydrogen-bond acceptors (Lipinski definition) is 5. The first-order chi connectivity index (χ1) is 12.0. The van der Waals surface area contributed by atoms with E-state index in [9.17, 15) is 4.79 Å². The van der Waals surface area contributed by atoms with E-state index in [0.29, 0.717) is 28.6 Å². The molecular weight excluding hydrogens is 320 g/mol. The molecule has 132 valence electrons. The minimum Gasteiger partial charge on any atom is -0.496 e. The van der Waals surface area contributed by atoms with Gasteiger partial charge in [0.1, 0.15) is 23.0 Å². The summed E-state index contributed by atoms with van der Waals surface area (Å²) in [5, 5.41) is 0. The summed E-state index contributed by atoms with van der Waals surface area (Å²) in [5.41, 5.74) is 1.20. The second kappa shape index (κ2) is 8.24. The number of benzene rings is 2. The first-order valence-corrected chi connectivity index (χ1v) is 7.77. The van der Waals surface area contributed by atoms with Crippen molar-refractivity contribution in [1.82, 2.24) is 0 Å². The highest BCUT2D eigenvalue weighted by atomic mass is 16.5. The average molecular weight is 342 g/mol. The summed E-state index contributed by atoms with van der Waals surface area (Å²) in [4.78, 5) is 12.2. The van der Waals surface area contributed by atoms with Gasteiger partial charge in [0.2, 0.25) is 0 Å². The van der Waals surface area contributed by atoms with E-state index in [4.69, 9.17) is 18.9 Å². The molecule has 1 atom stereocenters. The third-order valence-electron chi connectivity index (χ3n) is 3.90. The highest BCUT2D eigenvalue weighted by molar-refractivity contribution is 5.90. The lowest BCUT2D eigenvalue weighted by Gasteiger charge is -2.21. The molecule has 0 amide bonds. The van der Waals surface area contributed by atoms with Gasteiger partial charge < -0.3 is 18.9 Å². The van der Waals surface area contributed by atoms with E-state index in [1.807, 2.05) is 13.0 Å². The van der Waals surface area contributed by atoms with Gasteiger partial charge in [-0.3, -0.25) is 0 Å². The van der Waals surface area contributed by atoms with Gasteiger partial charge in [0.05, 0.1) is 26.9 Å². The molecule has 0 fully saturated rings. The molecule has 5 nitrogen and oxygen atoms in total. The van der Waals surface area contributed by atoms with Crippen LogP contribution in [0.15, 0.2) is 54.8 Å². The van der Waals surface area contributed by atoms with Crippen LogP contribution in [0.25, 0.3) is 0 Å². The number of hydrogen-bond donors (Lipinski definition) is 0. The Labute approximate surface area is 147 Å². The van der Waals surface area contributed by atoms with Crippen molar-refractivity contribution in [2.45, 2.75) is 12.8 Å². The predicted octanol–water partition coefficient (Wildman–Crippen LogP) is 4.19. The van der Waals surface area contributed by atoms with Gasteiger partial charge in [0, 0.05) is 23.6 Å². The molecule has 0 aliphatic rings. The molecule has 0 saturated carbocycles. The maximum atomic E-state index is 12.2. The molecule has 0 N–H and O–H groups in total. The van der Waals surface area contributed by atoms with Gasteiger partial charge >= 0.3 is 5.97 Å². The van der Waals surface area contributed by atoms with Crippen LogP contribution in [0.5, 0.6) is 17.2 Å². The van der Waals surface area contributed by atoms with Crippen molar-refractivity contribution < 1.29 is 23.7 Å². The van der Waals surface area contributed by atoms with Crippen LogP contribution in [-0.4, -0.2) is 27.3 Å². The van der Waals surface area contributed by atoms with Crippen molar-refractivity contribution >= 4 is 5.97 Å². The van der Waals surface area contributed by atoms with Crippen molar-refractivity contribution in [3.05, 3.63) is 65.9 Å². The van der Waals surface area contributed by atoms with E-state index >= 15 is 0 Å². The van der Waals surface area contributed by atoms with Gasteiger partial charge in [-0.05, 0) is 12.1 Å². The Kier molecular flexibility index (Phi) is 6.06. The standard InChI is InChI=1S/C20H22O5/c1-13(14(2)25-20(21)15-9-7-6-8-10-15)19-17(23-4)11-16(22-3)12-18(19)24-5/h6-13H,2H2,1,3-5H3. The maximum absolute atomic E-state index is 12.2. The highest BCUT2D eigenvalue weighted by Gasteiger charge is 2.24. The van der Waals surface area contributed by atoms with Gasteiger partial charge in [0.15, 0.2) is 0 Å². The largest absolute Gasteiger partial charge is 0.496 e. The van der Waals surface area contributed by atoms with Gasteiger partial charge in [-0.1, -0.05) is 31.7 Å². The predicted molar refractivity (Wildman–Crippen MR) is 95.5 cm³/mol. The smallest absolute Gasteiger partial charge is 0.343 e. The number of ether oxygens (including phenoxy) is 4. The van der Waals surface area contributed by atoms with E-state index in [-0.39, 0.29) is 5.92 Å². The molecule has 0 radical (unpaired) electrons. The summed E-state index contributed by atoms with van der Waals surface area (Å²) in [6, 6.07) is 12.3. The maximum Gasteiger partial charge on any atom is 0.343 e. The lowest BCUT2D eigenvalue weighted by atomic mass is 9.97. The Morgan fingerprint density at radius 2 is 1.52 bits per heavy atom. The van der Waals surface area contributed by atoms with Crippen LogP contribution in [0.3, 0.4) is 0 Å². The molecule has 0 heterocycles. The van der Waals surface area contributed by atoms with E-state index < -0.39 is 5.97 Å². The summed E-state index contributed by atoms with van der Waals surface area (Å²) in [6.07, 6.45) is 0. The van der Waals surface area contributed by atoms with Crippen molar-refractivity contribution in [3.63, 3.8) is 0 Å². The number of carbonyl (C=O) groups excluding carboxylic acids is 1. The SMILES string of the molecule is C=C(OC(=O)c1ccccc1)C(C)c1c(OC)cc(OC)cc1OC. The number of methoxy groups -OCH3 is 3. The van der Waals surface area contributed by atoms with Crippen LogP contribution < -0.4 is 14.2 Å². The van der Waals surface area contributed by atoms with Crippen molar-refractivity contribution in [1.29, 1.82) is 0 Å². The normalized spacial score (nSPS) is 11.4. The molecular formula is C20H22O5. The Balaban J connectivity index is 2.28. The zero-order valence-corrected chi connectivity index (χ0v) is 14.9. The average Bonchev–Trinajstić information content (AvgIpc) is 2.66. The monoisotopic (exact) mass is 342 g/mol. The van der Waals surface area contributed by atoms with Crippen LogP contribution in [0, 0.1) is 0 Å². The summed E-state index contributed by atoms with van der Waals surface area (Å²) in [6.45, 7) is 5.77. The fourth-order valence-corrected chi connectivity index (χ4v) is 2.46. The molecule has 0 saturated heterocycles. The van der Waals surface area contributed by atoms with Gasteiger partial charge in [-0.25, -0.2) is 4.79 Å². The van der Waals surface area contributed by atoms with Gasteiger partial charge in [-0.15, -0.1) is 0 Å². The zero-order chi connectivity index (χ0) is 18.4. The topological polar surface area (TPSA) is 54.0 Å². The molecule has 2 aromatic rings. The first kappa shape index (κ1) is 18.4. The highest BCUT2D eigenvalue weighted by Crippen LogP contribution is 2.41. The van der Waals surface area contributed by atoms with Crippen LogP contribution in [0.1, 0.15) is 28.8 Å². The summed E-state index contributed by atoms with van der Waals surface area (Å²) in [5.74, 6) is 1.26. The van der Waals surface area contributed by atoms with Crippen molar-refractivity contribution in [3.8, 4) is 17.2 Å². The van der Waals surface area contributed by atoms with Gasteiger partial charge in [-0.2, -0.15) is 0 Å². The Morgan fingerprint density at radius 1 is 0.960 bits per heavy atom. The summed E-state index contributed by atoms with van der Waals surface area (Å²) >= 11 is 0. The number of carbonyl (C=O) groups is 1. The minimum absolute atomic E-state index is 0.301. The molecule has 1 unspecified atom stereocenters. The first-order valence-electron chi connectivity index (χ1n) is 7.77. The molecule has 25 heavy (non-hydrogen) atoms. The Morgan fingerprint density at radius 3 is 2.00 bits per heavy atom. The number of allylic oxidation sites excluding steroid dienone is 1. The third kappa shape index (κ3) is 4.12. The lowest BCUT2D eigenvalue weighted by Crippen LogP contribution is -2.10. The van der Waals surface area contributed by atoms with E-state index in [1.165, 1.54) is 0 Å². The van der Waals surface area contributed by atoms with E-state index in [1.54, 1.807) is 57.7 Å². The fraction of sp³-hybridized carbons (Fsp3) is 0.250. The van der Waals surface area contributed by atoms with Gasteiger partial charge in [0.25, 0.3) is 0 Å². The molecule has 0 bridgehead atoms. The molecule has 0 spiro atoms. The molecule has 5 heteroatoms. The summed E-state index contributed by atoms with van der Waals surface area (Å²) in [7, 11) is 4.68. The van der Waals surface area contributed by atoms with E-state index in [2.05, 4.69) is 6.58 Å². The Hall–Kier alpha value is -2.95. The minimum atomic E-state index is -0.455. The van der Waals surface area contributed by atoms with E-state index in [0.717, 1.165) is 5.56 Å². The lowest BCUT2D eigenvalue weighted by molar-refractivity contribution is 0.0608. The molecule has 2 aromatic carbocycles. The molecule has 2 rings (SSSR count). The third-order valence-corrected chi connectivity index (χ3v) is 3.90. The van der Waals surface area contributed by atoms with Crippen LogP contribution in [-0.2, 0) is 4.74 Å². The quantitative estimate of drug-likeness (QED) is 0.558. The second-order valence-corrected chi connectivity index (χ2v) is 5.39. The van der Waals surface area contributed by atoms with Crippen LogP contribution in [0.2, 0.25) is 0 Å². The molecule has 0 aliphatic heterocycles. The fourth-order valence-electron chi connectivity index (χ4n) is 2.46. The van der Waals surface area contributed by atoms with Crippen LogP contribution in [0.4, 0.5) is 0 Å². The number of esters is 1.